The van der Waals surface area contributed by atoms with Crippen molar-refractivity contribution >= 4 is 28.7 Å². The van der Waals surface area contributed by atoms with Gasteiger partial charge in [0.15, 0.2) is 5.65 Å². The van der Waals surface area contributed by atoms with Gasteiger partial charge < -0.3 is 9.88 Å². The number of nitrogens with zero attached hydrogens (tertiary/aromatic N) is 4. The zero-order valence-electron chi connectivity index (χ0n) is 12.1. The van der Waals surface area contributed by atoms with Crippen molar-refractivity contribution < 1.29 is 4.79 Å². The number of aromatic nitrogens is 4. The maximum absolute atomic E-state index is 11.6. The van der Waals surface area contributed by atoms with E-state index in [1.54, 1.807) is 0 Å². The molecule has 0 atom stereocenters. The number of hydrogen-bond acceptors (Lipinski definition) is 3. The molecule has 6 nitrogen and oxygen atoms in total. The molecule has 0 aliphatic heterocycles. The van der Waals surface area contributed by atoms with Gasteiger partial charge in [0.1, 0.15) is 11.3 Å². The summed E-state index contributed by atoms with van der Waals surface area (Å²) in [6.07, 6.45) is 1.24. The highest BCUT2D eigenvalue weighted by molar-refractivity contribution is 6.16. The number of fused-ring (bicyclic) bond motifs is 1. The largest absolute Gasteiger partial charge is 0.356 e. The number of aryl methyl sites for hydroxylation is 3. The molecule has 0 aliphatic carbocycles. The molecule has 0 bridgehead atoms. The fourth-order valence-electron chi connectivity index (χ4n) is 2.36. The molecule has 1 N–H and O–H groups in total. The lowest BCUT2D eigenvalue weighted by Gasteiger charge is -2.08. The molecule has 110 valence electrons. The highest BCUT2D eigenvalue weighted by atomic mass is 35.5. The van der Waals surface area contributed by atoms with E-state index in [0.717, 1.165) is 29.1 Å². The van der Waals surface area contributed by atoms with Crippen molar-refractivity contribution in [1.82, 2.24) is 24.6 Å². The SMILES string of the molecule is CCNC(=O)CCn1c(CCl)nc2c(CC)nn(C)c21. The van der Waals surface area contributed by atoms with E-state index in [9.17, 15) is 4.79 Å². The molecule has 2 aromatic heterocycles. The Labute approximate surface area is 123 Å². The van der Waals surface area contributed by atoms with Gasteiger partial charge in [-0.05, 0) is 13.3 Å². The number of rotatable bonds is 6. The molecule has 2 heterocycles. The average Bonchev–Trinajstić information content (AvgIpc) is 2.94. The van der Waals surface area contributed by atoms with Crippen molar-refractivity contribution in [3.05, 3.63) is 11.5 Å². The van der Waals surface area contributed by atoms with Gasteiger partial charge in [-0.2, -0.15) is 5.10 Å². The summed E-state index contributed by atoms with van der Waals surface area (Å²) in [5.74, 6) is 1.15. The Morgan fingerprint density at radius 2 is 2.15 bits per heavy atom. The maximum Gasteiger partial charge on any atom is 0.221 e. The molecule has 0 spiro atoms. The molecule has 0 fully saturated rings. The smallest absolute Gasteiger partial charge is 0.221 e. The van der Waals surface area contributed by atoms with E-state index in [1.165, 1.54) is 0 Å². The van der Waals surface area contributed by atoms with E-state index in [1.807, 2.05) is 23.2 Å². The van der Waals surface area contributed by atoms with Crippen molar-refractivity contribution in [2.75, 3.05) is 6.54 Å². The lowest BCUT2D eigenvalue weighted by atomic mass is 10.3. The molecule has 7 heteroatoms. The molecular formula is C13H20ClN5O. The molecule has 0 saturated carbocycles. The molecule has 0 aromatic carbocycles. The quantitative estimate of drug-likeness (QED) is 0.824. The minimum Gasteiger partial charge on any atom is -0.356 e. The van der Waals surface area contributed by atoms with Crippen LogP contribution >= 0.6 is 11.6 Å². The van der Waals surface area contributed by atoms with Crippen molar-refractivity contribution in [1.29, 1.82) is 0 Å². The number of hydrogen-bond donors (Lipinski definition) is 1. The van der Waals surface area contributed by atoms with Crippen LogP contribution in [0.3, 0.4) is 0 Å². The second-order valence-corrected chi connectivity index (χ2v) is 4.88. The molecule has 2 aromatic rings. The van der Waals surface area contributed by atoms with Crippen molar-refractivity contribution in [2.45, 2.75) is 39.1 Å². The standard InChI is InChI=1S/C13H20ClN5O/c1-4-9-12-13(18(3)17-9)19(10(8-14)16-12)7-6-11(20)15-5-2/h4-8H2,1-3H3,(H,15,20). The first-order chi connectivity index (χ1) is 9.62. The molecule has 2 rings (SSSR count). The average molecular weight is 298 g/mol. The van der Waals surface area contributed by atoms with Crippen LogP contribution in [-0.2, 0) is 30.7 Å². The van der Waals surface area contributed by atoms with Crippen LogP contribution in [0.2, 0.25) is 0 Å². The van der Waals surface area contributed by atoms with Gasteiger partial charge in [-0.15, -0.1) is 11.6 Å². The molecular weight excluding hydrogens is 278 g/mol. The van der Waals surface area contributed by atoms with Gasteiger partial charge in [0.2, 0.25) is 5.91 Å². The molecule has 0 saturated heterocycles. The van der Waals surface area contributed by atoms with Gasteiger partial charge in [0, 0.05) is 26.6 Å². The van der Waals surface area contributed by atoms with Crippen molar-refractivity contribution in [3.63, 3.8) is 0 Å². The van der Waals surface area contributed by atoms with Crippen LogP contribution in [0.25, 0.3) is 11.2 Å². The van der Waals surface area contributed by atoms with Crippen LogP contribution in [0.4, 0.5) is 0 Å². The summed E-state index contributed by atoms with van der Waals surface area (Å²) in [6, 6.07) is 0. The summed E-state index contributed by atoms with van der Waals surface area (Å²) in [5.41, 5.74) is 2.79. The number of amides is 1. The van der Waals surface area contributed by atoms with Gasteiger partial charge >= 0.3 is 0 Å². The molecule has 0 unspecified atom stereocenters. The first-order valence-corrected chi connectivity index (χ1v) is 7.39. The van der Waals surface area contributed by atoms with Crippen LogP contribution in [-0.4, -0.2) is 31.8 Å². The summed E-state index contributed by atoms with van der Waals surface area (Å²) in [5, 5.41) is 7.25. The Bertz CT molecular complexity index is 616. The number of carbonyl (C=O) groups is 1. The van der Waals surface area contributed by atoms with Gasteiger partial charge in [-0.1, -0.05) is 6.92 Å². The first kappa shape index (κ1) is 14.8. The number of carbonyl (C=O) groups excluding carboxylic acids is 1. The Hall–Kier alpha value is -1.56. The van der Waals surface area contributed by atoms with Gasteiger partial charge in [0.25, 0.3) is 0 Å². The lowest BCUT2D eigenvalue weighted by Crippen LogP contribution is -2.24. The van der Waals surface area contributed by atoms with Crippen LogP contribution in [0.1, 0.15) is 31.8 Å². The van der Waals surface area contributed by atoms with Crippen molar-refractivity contribution in [2.24, 2.45) is 7.05 Å². The number of halogens is 1. The molecule has 1 amide bonds. The Balaban J connectivity index is 2.35. The van der Waals surface area contributed by atoms with E-state index in [2.05, 4.69) is 22.3 Å². The van der Waals surface area contributed by atoms with Crippen LogP contribution < -0.4 is 5.32 Å². The normalized spacial score (nSPS) is 11.2. The van der Waals surface area contributed by atoms with Gasteiger partial charge in [-0.25, -0.2) is 4.98 Å². The van der Waals surface area contributed by atoms with E-state index in [-0.39, 0.29) is 5.91 Å². The summed E-state index contributed by atoms with van der Waals surface area (Å²) < 4.78 is 3.80. The minimum absolute atomic E-state index is 0.0350. The number of nitrogens with one attached hydrogen (secondary N) is 1. The molecule has 0 radical (unpaired) electrons. The zero-order valence-corrected chi connectivity index (χ0v) is 12.9. The second-order valence-electron chi connectivity index (χ2n) is 4.61. The molecule has 0 aliphatic rings. The van der Waals surface area contributed by atoms with E-state index in [4.69, 9.17) is 11.6 Å². The Kier molecular flexibility index (Phi) is 4.65. The fraction of sp³-hybridized carbons (Fsp3) is 0.615. The monoisotopic (exact) mass is 297 g/mol. The van der Waals surface area contributed by atoms with Crippen molar-refractivity contribution in [3.8, 4) is 0 Å². The number of imidazole rings is 1. The Morgan fingerprint density at radius 3 is 2.75 bits per heavy atom. The van der Waals surface area contributed by atoms with E-state index < -0.39 is 0 Å². The highest BCUT2D eigenvalue weighted by Crippen LogP contribution is 2.21. The van der Waals surface area contributed by atoms with Crippen LogP contribution in [0.15, 0.2) is 0 Å². The summed E-state index contributed by atoms with van der Waals surface area (Å²) in [6.45, 7) is 5.17. The summed E-state index contributed by atoms with van der Waals surface area (Å²) in [4.78, 5) is 16.2. The van der Waals surface area contributed by atoms with E-state index >= 15 is 0 Å². The summed E-state index contributed by atoms with van der Waals surface area (Å²) >= 11 is 5.97. The molecule has 20 heavy (non-hydrogen) atoms. The maximum atomic E-state index is 11.6. The second kappa shape index (κ2) is 6.26. The first-order valence-electron chi connectivity index (χ1n) is 6.85. The zero-order chi connectivity index (χ0) is 14.7. The Morgan fingerprint density at radius 1 is 1.40 bits per heavy atom. The minimum atomic E-state index is 0.0350. The predicted molar refractivity (Wildman–Crippen MR) is 78.7 cm³/mol. The topological polar surface area (TPSA) is 64.7 Å². The van der Waals surface area contributed by atoms with Crippen LogP contribution in [0, 0.1) is 0 Å². The van der Waals surface area contributed by atoms with Crippen LogP contribution in [0.5, 0.6) is 0 Å². The third-order valence-electron chi connectivity index (χ3n) is 3.26. The summed E-state index contributed by atoms with van der Waals surface area (Å²) in [7, 11) is 1.89. The highest BCUT2D eigenvalue weighted by Gasteiger charge is 2.18. The lowest BCUT2D eigenvalue weighted by molar-refractivity contribution is -0.121. The van der Waals surface area contributed by atoms with E-state index in [0.29, 0.717) is 25.4 Å². The predicted octanol–water partition coefficient (Wildman–Crippen LogP) is 1.60. The third-order valence-corrected chi connectivity index (χ3v) is 3.50. The number of alkyl halides is 1. The van der Waals surface area contributed by atoms with Gasteiger partial charge in [-0.3, -0.25) is 9.48 Å². The third kappa shape index (κ3) is 2.65. The fourth-order valence-corrected chi connectivity index (χ4v) is 2.56. The van der Waals surface area contributed by atoms with Gasteiger partial charge in [0.05, 0.1) is 11.6 Å².